The zero-order valence-corrected chi connectivity index (χ0v) is 18.4. The summed E-state index contributed by atoms with van der Waals surface area (Å²) in [7, 11) is 5.10. The van der Waals surface area contributed by atoms with Crippen LogP contribution in [0, 0.1) is 11.3 Å². The lowest BCUT2D eigenvalue weighted by Crippen LogP contribution is -2.28. The summed E-state index contributed by atoms with van der Waals surface area (Å²) >= 11 is 6.38. The summed E-state index contributed by atoms with van der Waals surface area (Å²) in [5.41, 5.74) is 1.61. The number of hydrogen-bond donors (Lipinski definition) is 0. The first kappa shape index (κ1) is 21.2. The van der Waals surface area contributed by atoms with Crippen molar-refractivity contribution in [2.75, 3.05) is 27.8 Å². The lowest BCUT2D eigenvalue weighted by Gasteiger charge is -2.25. The Kier molecular flexibility index (Phi) is 5.90. The van der Waals surface area contributed by atoms with E-state index in [1.54, 1.807) is 19.2 Å². The molecule has 2 heterocycles. The van der Waals surface area contributed by atoms with Gasteiger partial charge in [-0.25, -0.2) is 0 Å². The van der Waals surface area contributed by atoms with Gasteiger partial charge in [-0.2, -0.15) is 5.26 Å². The number of halogens is 1. The van der Waals surface area contributed by atoms with E-state index >= 15 is 0 Å². The standard InChI is InChI=1S/C24H23ClN2O4/c1-27-11-9-15(17(27)8-10-26)22-20(29-2)13-21(30-3)23-18(28)12-19(31-24(22)23)14-6-4-5-7-16(14)25/h4-7,12-13,15,17H,8-9,11H2,1-3H3. The quantitative estimate of drug-likeness (QED) is 0.567. The number of rotatable bonds is 5. The van der Waals surface area contributed by atoms with Gasteiger partial charge in [0.15, 0.2) is 5.43 Å². The Hall–Kier alpha value is -3.01. The van der Waals surface area contributed by atoms with Crippen LogP contribution in [0.15, 0.2) is 45.6 Å². The Morgan fingerprint density at radius 3 is 2.65 bits per heavy atom. The second-order valence-corrected chi connectivity index (χ2v) is 8.07. The number of methoxy groups -OCH3 is 2. The fourth-order valence-electron chi connectivity index (χ4n) is 4.51. The summed E-state index contributed by atoms with van der Waals surface area (Å²) in [5.74, 6) is 1.31. The number of nitriles is 1. The van der Waals surface area contributed by atoms with Gasteiger partial charge in [0.1, 0.15) is 28.2 Å². The van der Waals surface area contributed by atoms with E-state index < -0.39 is 0 Å². The van der Waals surface area contributed by atoms with Gasteiger partial charge < -0.3 is 18.8 Å². The molecule has 7 heteroatoms. The second-order valence-electron chi connectivity index (χ2n) is 7.66. The van der Waals surface area contributed by atoms with Gasteiger partial charge in [-0.15, -0.1) is 0 Å². The van der Waals surface area contributed by atoms with Crippen LogP contribution in [0.2, 0.25) is 5.02 Å². The average Bonchev–Trinajstić information content (AvgIpc) is 3.12. The molecule has 0 spiro atoms. The van der Waals surface area contributed by atoms with Crippen LogP contribution in [0.5, 0.6) is 11.5 Å². The van der Waals surface area contributed by atoms with Crippen molar-refractivity contribution in [2.45, 2.75) is 24.8 Å². The Morgan fingerprint density at radius 2 is 1.97 bits per heavy atom. The molecule has 0 saturated carbocycles. The van der Waals surface area contributed by atoms with Crippen LogP contribution in [0.3, 0.4) is 0 Å². The van der Waals surface area contributed by atoms with Crippen molar-refractivity contribution < 1.29 is 13.9 Å². The number of fused-ring (bicyclic) bond motifs is 1. The van der Waals surface area contributed by atoms with Crippen LogP contribution in [0.1, 0.15) is 24.3 Å². The van der Waals surface area contributed by atoms with Gasteiger partial charge in [-0.3, -0.25) is 4.79 Å². The van der Waals surface area contributed by atoms with Crippen molar-refractivity contribution in [3.63, 3.8) is 0 Å². The van der Waals surface area contributed by atoms with Gasteiger partial charge in [0.25, 0.3) is 0 Å². The highest BCUT2D eigenvalue weighted by Gasteiger charge is 2.37. The lowest BCUT2D eigenvalue weighted by molar-refractivity contribution is 0.298. The normalized spacial score (nSPS) is 18.8. The van der Waals surface area contributed by atoms with E-state index in [0.29, 0.717) is 45.2 Å². The Balaban J connectivity index is 2.06. The number of hydrogen-bond acceptors (Lipinski definition) is 6. The molecule has 0 aliphatic carbocycles. The Bertz CT molecular complexity index is 1230. The number of nitrogens with zero attached hydrogens (tertiary/aromatic N) is 2. The fourth-order valence-corrected chi connectivity index (χ4v) is 4.74. The molecule has 1 fully saturated rings. The summed E-state index contributed by atoms with van der Waals surface area (Å²) in [6, 6.07) is 12.7. The zero-order valence-electron chi connectivity index (χ0n) is 17.6. The SMILES string of the molecule is COc1cc(OC)c2c(=O)cc(-c3ccccc3Cl)oc2c1C1CCN(C)C1CC#N. The van der Waals surface area contributed by atoms with Crippen molar-refractivity contribution in [1.82, 2.24) is 4.90 Å². The third-order valence-electron chi connectivity index (χ3n) is 6.04. The predicted molar refractivity (Wildman–Crippen MR) is 120 cm³/mol. The first-order chi connectivity index (χ1) is 15.0. The minimum absolute atomic E-state index is 0.00948. The topological polar surface area (TPSA) is 75.7 Å². The third-order valence-corrected chi connectivity index (χ3v) is 6.37. The number of likely N-dealkylation sites (tertiary alicyclic amines) is 1. The van der Waals surface area contributed by atoms with E-state index in [1.807, 2.05) is 25.2 Å². The largest absolute Gasteiger partial charge is 0.496 e. The maximum Gasteiger partial charge on any atom is 0.197 e. The zero-order chi connectivity index (χ0) is 22.1. The molecule has 6 nitrogen and oxygen atoms in total. The molecule has 3 aromatic rings. The highest BCUT2D eigenvalue weighted by molar-refractivity contribution is 6.33. The van der Waals surface area contributed by atoms with E-state index in [9.17, 15) is 10.1 Å². The molecule has 2 unspecified atom stereocenters. The van der Waals surface area contributed by atoms with E-state index in [2.05, 4.69) is 11.0 Å². The number of ether oxygens (including phenoxy) is 2. The molecule has 0 amide bonds. The van der Waals surface area contributed by atoms with E-state index in [0.717, 1.165) is 18.5 Å². The highest BCUT2D eigenvalue weighted by Crippen LogP contribution is 2.45. The smallest absolute Gasteiger partial charge is 0.197 e. The fraction of sp³-hybridized carbons (Fsp3) is 0.333. The van der Waals surface area contributed by atoms with Crippen LogP contribution < -0.4 is 14.9 Å². The summed E-state index contributed by atoms with van der Waals surface area (Å²) < 4.78 is 17.6. The Labute approximate surface area is 185 Å². The molecule has 1 aromatic heterocycles. The van der Waals surface area contributed by atoms with Crippen LogP contribution in [-0.2, 0) is 0 Å². The van der Waals surface area contributed by atoms with Crippen LogP contribution in [0.25, 0.3) is 22.3 Å². The molecule has 0 radical (unpaired) electrons. The molecule has 160 valence electrons. The molecule has 31 heavy (non-hydrogen) atoms. The lowest BCUT2D eigenvalue weighted by atomic mass is 9.87. The molecule has 2 atom stereocenters. The molecule has 1 saturated heterocycles. The first-order valence-corrected chi connectivity index (χ1v) is 10.4. The second kappa shape index (κ2) is 8.62. The van der Waals surface area contributed by atoms with Crippen LogP contribution in [0.4, 0.5) is 0 Å². The van der Waals surface area contributed by atoms with Gasteiger partial charge >= 0.3 is 0 Å². The minimum Gasteiger partial charge on any atom is -0.496 e. The predicted octanol–water partition coefficient (Wildman–Crippen LogP) is 4.83. The van der Waals surface area contributed by atoms with E-state index in [-0.39, 0.29) is 17.4 Å². The monoisotopic (exact) mass is 438 g/mol. The summed E-state index contributed by atoms with van der Waals surface area (Å²) in [5, 5.41) is 10.2. The van der Waals surface area contributed by atoms with E-state index in [4.69, 9.17) is 25.5 Å². The van der Waals surface area contributed by atoms with Crippen molar-refractivity contribution in [1.29, 1.82) is 5.26 Å². The van der Waals surface area contributed by atoms with Gasteiger partial charge in [0.2, 0.25) is 0 Å². The van der Waals surface area contributed by atoms with Gasteiger partial charge in [-0.1, -0.05) is 23.7 Å². The van der Waals surface area contributed by atoms with E-state index in [1.165, 1.54) is 13.2 Å². The number of benzene rings is 2. The first-order valence-electron chi connectivity index (χ1n) is 10.0. The maximum atomic E-state index is 13.2. The summed E-state index contributed by atoms with van der Waals surface area (Å²) in [6.07, 6.45) is 1.19. The third kappa shape index (κ3) is 3.65. The van der Waals surface area contributed by atoms with Crippen LogP contribution >= 0.6 is 11.6 Å². The molecular formula is C24H23ClN2O4. The summed E-state index contributed by atoms with van der Waals surface area (Å²) in [4.78, 5) is 15.4. The summed E-state index contributed by atoms with van der Waals surface area (Å²) in [6.45, 7) is 0.835. The maximum absolute atomic E-state index is 13.2. The van der Waals surface area contributed by atoms with Gasteiger partial charge in [0, 0.05) is 35.2 Å². The molecule has 1 aliphatic heterocycles. The minimum atomic E-state index is -0.222. The molecule has 0 bridgehead atoms. The molecule has 0 N–H and O–H groups in total. The molecule has 2 aromatic carbocycles. The van der Waals surface area contributed by atoms with Gasteiger partial charge in [0.05, 0.1) is 31.7 Å². The molecule has 4 rings (SSSR count). The van der Waals surface area contributed by atoms with Crippen molar-refractivity contribution in [3.05, 3.63) is 57.2 Å². The molecule has 1 aliphatic rings. The highest BCUT2D eigenvalue weighted by atomic mass is 35.5. The van der Waals surface area contributed by atoms with Gasteiger partial charge in [-0.05, 0) is 32.1 Å². The van der Waals surface area contributed by atoms with Crippen LogP contribution in [-0.4, -0.2) is 38.8 Å². The average molecular weight is 439 g/mol. The van der Waals surface area contributed by atoms with Crippen molar-refractivity contribution >= 4 is 22.6 Å². The Morgan fingerprint density at radius 1 is 1.23 bits per heavy atom. The van der Waals surface area contributed by atoms with Crippen molar-refractivity contribution in [2.24, 2.45) is 0 Å². The number of likely N-dealkylation sites (N-methyl/N-ethyl adjacent to an activating group) is 1. The van der Waals surface area contributed by atoms with Crippen molar-refractivity contribution in [3.8, 4) is 28.9 Å². The molecular weight excluding hydrogens is 416 g/mol.